The molecule has 3 aromatic rings. The van der Waals surface area contributed by atoms with Gasteiger partial charge in [-0.3, -0.25) is 0 Å². The lowest BCUT2D eigenvalue weighted by atomic mass is 9.86. The van der Waals surface area contributed by atoms with Crippen LogP contribution in [0.5, 0.6) is 0 Å². The van der Waals surface area contributed by atoms with Crippen molar-refractivity contribution in [2.24, 2.45) is 0 Å². The summed E-state index contributed by atoms with van der Waals surface area (Å²) in [6.07, 6.45) is -0.384. The second kappa shape index (κ2) is 6.96. The van der Waals surface area contributed by atoms with Gasteiger partial charge in [-0.1, -0.05) is 82.7 Å². The van der Waals surface area contributed by atoms with E-state index < -0.39 is 6.09 Å². The van der Waals surface area contributed by atoms with E-state index >= 15 is 0 Å². The van der Waals surface area contributed by atoms with E-state index in [0.29, 0.717) is 6.42 Å². The first-order chi connectivity index (χ1) is 12.6. The highest BCUT2D eigenvalue weighted by Gasteiger charge is 2.35. The minimum absolute atomic E-state index is 0.00870. The van der Waals surface area contributed by atoms with Crippen LogP contribution in [0, 0.1) is 0 Å². The standard InChI is InChI=1S/C22H18BrNO2/c23-19-12-6-1-7-14(19)13-20(24-22(25)26)21-17-10-4-2-8-15(17)16-9-3-5-11-18(16)21/h1-12,20-21,24H,13H2,(H,25,26). The van der Waals surface area contributed by atoms with Gasteiger partial charge in [0.05, 0.1) is 0 Å². The highest BCUT2D eigenvalue weighted by Crippen LogP contribution is 2.46. The lowest BCUT2D eigenvalue weighted by Gasteiger charge is -2.26. The summed E-state index contributed by atoms with van der Waals surface area (Å²) in [6.45, 7) is 0. The van der Waals surface area contributed by atoms with Gasteiger partial charge in [0.15, 0.2) is 0 Å². The molecule has 0 aromatic heterocycles. The van der Waals surface area contributed by atoms with Crippen molar-refractivity contribution >= 4 is 22.0 Å². The van der Waals surface area contributed by atoms with Crippen LogP contribution in [0.15, 0.2) is 77.3 Å². The van der Waals surface area contributed by atoms with Gasteiger partial charge in [-0.2, -0.15) is 0 Å². The van der Waals surface area contributed by atoms with E-state index in [4.69, 9.17) is 0 Å². The number of amides is 1. The summed E-state index contributed by atoms with van der Waals surface area (Å²) in [4.78, 5) is 11.5. The smallest absolute Gasteiger partial charge is 0.404 e. The van der Waals surface area contributed by atoms with Gasteiger partial charge in [0.25, 0.3) is 0 Å². The second-order valence-electron chi connectivity index (χ2n) is 6.50. The van der Waals surface area contributed by atoms with Crippen molar-refractivity contribution in [2.75, 3.05) is 0 Å². The fraction of sp³-hybridized carbons (Fsp3) is 0.136. The highest BCUT2D eigenvalue weighted by atomic mass is 79.9. The quantitative estimate of drug-likeness (QED) is 0.604. The molecule has 0 radical (unpaired) electrons. The molecule has 4 rings (SSSR count). The zero-order chi connectivity index (χ0) is 18.1. The fourth-order valence-electron chi connectivity index (χ4n) is 3.94. The molecule has 0 spiro atoms. The van der Waals surface area contributed by atoms with Crippen molar-refractivity contribution in [1.82, 2.24) is 5.32 Å². The van der Waals surface area contributed by atoms with Crippen molar-refractivity contribution in [3.05, 3.63) is 94.0 Å². The van der Waals surface area contributed by atoms with E-state index in [2.05, 4.69) is 45.5 Å². The van der Waals surface area contributed by atoms with Gasteiger partial charge in [-0.15, -0.1) is 0 Å². The molecule has 1 atom stereocenters. The largest absolute Gasteiger partial charge is 0.465 e. The maximum absolute atomic E-state index is 11.5. The Morgan fingerprint density at radius 3 is 2.04 bits per heavy atom. The van der Waals surface area contributed by atoms with Gasteiger partial charge >= 0.3 is 6.09 Å². The van der Waals surface area contributed by atoms with E-state index in [9.17, 15) is 9.90 Å². The van der Waals surface area contributed by atoms with Crippen LogP contribution in [0.25, 0.3) is 11.1 Å². The minimum Gasteiger partial charge on any atom is -0.465 e. The van der Waals surface area contributed by atoms with Crippen LogP contribution in [-0.2, 0) is 6.42 Å². The number of halogens is 1. The van der Waals surface area contributed by atoms with Crippen LogP contribution in [0.1, 0.15) is 22.6 Å². The third-order valence-electron chi connectivity index (χ3n) is 4.99. The lowest BCUT2D eigenvalue weighted by Crippen LogP contribution is -2.40. The summed E-state index contributed by atoms with van der Waals surface area (Å²) in [5.74, 6) is -0.00870. The molecule has 3 aromatic carbocycles. The van der Waals surface area contributed by atoms with Crippen molar-refractivity contribution in [2.45, 2.75) is 18.4 Å². The predicted molar refractivity (Wildman–Crippen MR) is 107 cm³/mol. The molecule has 0 bridgehead atoms. The maximum Gasteiger partial charge on any atom is 0.404 e. The Kier molecular flexibility index (Phi) is 4.51. The first-order valence-corrected chi connectivity index (χ1v) is 9.35. The average molecular weight is 408 g/mol. The third kappa shape index (κ3) is 3.01. The highest BCUT2D eigenvalue weighted by molar-refractivity contribution is 9.10. The van der Waals surface area contributed by atoms with Crippen LogP contribution in [0.4, 0.5) is 4.79 Å². The second-order valence-corrected chi connectivity index (χ2v) is 7.36. The zero-order valence-electron chi connectivity index (χ0n) is 14.0. The average Bonchev–Trinajstić information content (AvgIpc) is 2.97. The first-order valence-electron chi connectivity index (χ1n) is 8.56. The van der Waals surface area contributed by atoms with Gasteiger partial charge in [-0.05, 0) is 40.3 Å². The van der Waals surface area contributed by atoms with Gasteiger partial charge in [0.2, 0.25) is 0 Å². The van der Waals surface area contributed by atoms with Crippen molar-refractivity contribution < 1.29 is 9.90 Å². The molecule has 1 unspecified atom stereocenters. The van der Waals surface area contributed by atoms with Gasteiger partial charge in [0, 0.05) is 16.4 Å². The van der Waals surface area contributed by atoms with Gasteiger partial charge < -0.3 is 10.4 Å². The molecule has 1 aliphatic carbocycles. The predicted octanol–water partition coefficient (Wildman–Crippen LogP) is 5.44. The van der Waals surface area contributed by atoms with Crippen LogP contribution >= 0.6 is 15.9 Å². The number of rotatable bonds is 4. The molecular weight excluding hydrogens is 390 g/mol. The van der Waals surface area contributed by atoms with E-state index in [-0.39, 0.29) is 12.0 Å². The van der Waals surface area contributed by atoms with E-state index in [1.807, 2.05) is 48.5 Å². The third-order valence-corrected chi connectivity index (χ3v) is 5.76. The molecular formula is C22H18BrNO2. The van der Waals surface area contributed by atoms with Crippen LogP contribution in [-0.4, -0.2) is 17.2 Å². The summed E-state index contributed by atoms with van der Waals surface area (Å²) in [5, 5.41) is 12.2. The monoisotopic (exact) mass is 407 g/mol. The van der Waals surface area contributed by atoms with E-state index in [1.54, 1.807) is 0 Å². The molecule has 130 valence electrons. The molecule has 26 heavy (non-hydrogen) atoms. The molecule has 4 heteroatoms. The Bertz CT molecular complexity index is 924. The molecule has 3 nitrogen and oxygen atoms in total. The summed E-state index contributed by atoms with van der Waals surface area (Å²) >= 11 is 3.59. The number of hydrogen-bond acceptors (Lipinski definition) is 1. The summed E-state index contributed by atoms with van der Waals surface area (Å²) in [5.41, 5.74) is 5.84. The molecule has 1 amide bonds. The Labute approximate surface area is 160 Å². The maximum atomic E-state index is 11.5. The molecule has 1 aliphatic rings. The Morgan fingerprint density at radius 1 is 0.923 bits per heavy atom. The van der Waals surface area contributed by atoms with Crippen molar-refractivity contribution in [3.8, 4) is 11.1 Å². The SMILES string of the molecule is O=C(O)NC(Cc1ccccc1Br)C1c2ccccc2-c2ccccc21. The summed E-state index contributed by atoms with van der Waals surface area (Å²) < 4.78 is 0.997. The molecule has 0 fully saturated rings. The Hall–Kier alpha value is -2.59. The molecule has 0 saturated heterocycles. The van der Waals surface area contributed by atoms with Crippen LogP contribution in [0.3, 0.4) is 0 Å². The van der Waals surface area contributed by atoms with Gasteiger partial charge in [0.1, 0.15) is 0 Å². The number of nitrogens with one attached hydrogen (secondary N) is 1. The molecule has 0 aliphatic heterocycles. The van der Waals surface area contributed by atoms with Crippen molar-refractivity contribution in [1.29, 1.82) is 0 Å². The van der Waals surface area contributed by atoms with Crippen LogP contribution < -0.4 is 5.32 Å². The minimum atomic E-state index is -0.996. The van der Waals surface area contributed by atoms with Gasteiger partial charge in [-0.25, -0.2) is 4.79 Å². The number of carbonyl (C=O) groups is 1. The van der Waals surface area contributed by atoms with Crippen molar-refractivity contribution in [3.63, 3.8) is 0 Å². The molecule has 2 N–H and O–H groups in total. The van der Waals surface area contributed by atoms with E-state index in [1.165, 1.54) is 22.3 Å². The first kappa shape index (κ1) is 16.9. The number of carboxylic acid groups (broad SMARTS) is 1. The molecule has 0 heterocycles. The molecule has 0 saturated carbocycles. The van der Waals surface area contributed by atoms with Crippen LogP contribution in [0.2, 0.25) is 0 Å². The zero-order valence-corrected chi connectivity index (χ0v) is 15.6. The topological polar surface area (TPSA) is 49.3 Å². The normalized spacial score (nSPS) is 13.7. The fourth-order valence-corrected chi connectivity index (χ4v) is 4.39. The number of benzene rings is 3. The lowest BCUT2D eigenvalue weighted by molar-refractivity contribution is 0.188. The number of hydrogen-bond donors (Lipinski definition) is 2. The number of fused-ring (bicyclic) bond motifs is 3. The Balaban J connectivity index is 1.81. The summed E-state index contributed by atoms with van der Waals surface area (Å²) in [6, 6.07) is 24.3. The van der Waals surface area contributed by atoms with E-state index in [0.717, 1.165) is 10.0 Å². The Morgan fingerprint density at radius 2 is 1.46 bits per heavy atom. The summed E-state index contributed by atoms with van der Waals surface area (Å²) in [7, 11) is 0.